The molecule has 1 aliphatic rings. The van der Waals surface area contributed by atoms with Gasteiger partial charge in [-0.15, -0.1) is 0 Å². The molecule has 0 saturated heterocycles. The molecule has 0 radical (unpaired) electrons. The van der Waals surface area contributed by atoms with Gasteiger partial charge in [0, 0.05) is 36.5 Å². The fourth-order valence-electron chi connectivity index (χ4n) is 3.51. The molecule has 4 nitrogen and oxygen atoms in total. The highest BCUT2D eigenvalue weighted by Gasteiger charge is 2.21. The normalized spacial score (nSPS) is 14.5. The molecular formula is C24H30N2O2. The number of hydrogen-bond acceptors (Lipinski definition) is 4. The van der Waals surface area contributed by atoms with Crippen LogP contribution in [0.4, 0.5) is 5.69 Å². The van der Waals surface area contributed by atoms with Crippen LogP contribution in [0.25, 0.3) is 0 Å². The number of rotatable bonds is 9. The number of Topliss-reactive ketones (excluding diaryl/α,β-unsaturated/α-hetero) is 1. The second-order valence-electron chi connectivity index (χ2n) is 7.29. The third-order valence-electron chi connectivity index (χ3n) is 5.05. The van der Waals surface area contributed by atoms with Gasteiger partial charge < -0.3 is 15.0 Å². The van der Waals surface area contributed by atoms with Crippen molar-refractivity contribution in [3.05, 3.63) is 71.4 Å². The van der Waals surface area contributed by atoms with Crippen LogP contribution in [0.5, 0.6) is 5.75 Å². The molecule has 2 aromatic carbocycles. The Hall–Kier alpha value is -2.59. The van der Waals surface area contributed by atoms with Crippen LogP contribution in [0.15, 0.2) is 65.9 Å². The van der Waals surface area contributed by atoms with Crippen molar-refractivity contribution in [2.24, 2.45) is 0 Å². The van der Waals surface area contributed by atoms with Crippen LogP contribution in [-0.2, 0) is 11.2 Å². The minimum atomic E-state index is 0.270. The third kappa shape index (κ3) is 5.70. The van der Waals surface area contributed by atoms with E-state index in [0.29, 0.717) is 19.6 Å². The zero-order valence-electron chi connectivity index (χ0n) is 16.9. The first kappa shape index (κ1) is 20.2. The Morgan fingerprint density at radius 3 is 2.50 bits per heavy atom. The van der Waals surface area contributed by atoms with Crippen LogP contribution < -0.4 is 10.1 Å². The molecule has 0 aliphatic heterocycles. The van der Waals surface area contributed by atoms with E-state index in [2.05, 4.69) is 41.5 Å². The van der Waals surface area contributed by atoms with Crippen LogP contribution in [0, 0.1) is 0 Å². The van der Waals surface area contributed by atoms with E-state index in [-0.39, 0.29) is 5.78 Å². The third-order valence-corrected chi connectivity index (χ3v) is 5.05. The molecule has 0 unspecified atom stereocenters. The van der Waals surface area contributed by atoms with Crippen LogP contribution in [0.2, 0.25) is 0 Å². The Bertz CT molecular complexity index is 797. The zero-order chi connectivity index (χ0) is 19.8. The van der Waals surface area contributed by atoms with E-state index >= 15 is 0 Å². The number of nitrogens with zero attached hydrogens (tertiary/aromatic N) is 1. The number of nitrogens with one attached hydrogen (secondary N) is 1. The summed E-state index contributed by atoms with van der Waals surface area (Å²) in [6, 6.07) is 18.4. The molecule has 0 amide bonds. The Morgan fingerprint density at radius 1 is 1.04 bits per heavy atom. The van der Waals surface area contributed by atoms with Gasteiger partial charge in [-0.1, -0.05) is 30.3 Å². The SMILES string of the molecule is CCOc1ccc(NC2=C(CN(C)CCc3ccccc3)C(=O)CCC2)cc1. The van der Waals surface area contributed by atoms with Crippen molar-refractivity contribution in [3.63, 3.8) is 0 Å². The Balaban J connectivity index is 1.65. The summed E-state index contributed by atoms with van der Waals surface area (Å²) in [7, 11) is 2.09. The molecule has 0 atom stereocenters. The summed E-state index contributed by atoms with van der Waals surface area (Å²) in [6.45, 7) is 4.25. The summed E-state index contributed by atoms with van der Waals surface area (Å²) in [6.07, 6.45) is 3.47. The fourth-order valence-corrected chi connectivity index (χ4v) is 3.51. The molecule has 0 heterocycles. The van der Waals surface area contributed by atoms with E-state index in [1.165, 1.54) is 5.56 Å². The molecule has 0 bridgehead atoms. The van der Waals surface area contributed by atoms with Crippen molar-refractivity contribution in [2.75, 3.05) is 32.1 Å². The molecule has 3 rings (SSSR count). The van der Waals surface area contributed by atoms with Crippen molar-refractivity contribution in [2.45, 2.75) is 32.6 Å². The lowest BCUT2D eigenvalue weighted by atomic mass is 9.94. The van der Waals surface area contributed by atoms with Crippen molar-refractivity contribution < 1.29 is 9.53 Å². The maximum Gasteiger partial charge on any atom is 0.161 e. The highest BCUT2D eigenvalue weighted by Crippen LogP contribution is 2.25. The number of hydrogen-bond donors (Lipinski definition) is 1. The summed E-state index contributed by atoms with van der Waals surface area (Å²) < 4.78 is 5.50. The predicted octanol–water partition coefficient (Wildman–Crippen LogP) is 4.68. The molecule has 0 fully saturated rings. The van der Waals surface area contributed by atoms with Gasteiger partial charge in [0.05, 0.1) is 6.61 Å². The number of likely N-dealkylation sites (N-methyl/N-ethyl adjacent to an activating group) is 1. The van der Waals surface area contributed by atoms with Gasteiger partial charge in [0.1, 0.15) is 5.75 Å². The number of benzene rings is 2. The number of carbonyl (C=O) groups excluding carboxylic acids is 1. The number of ketones is 1. The molecule has 0 spiro atoms. The summed E-state index contributed by atoms with van der Waals surface area (Å²) >= 11 is 0. The van der Waals surface area contributed by atoms with Crippen molar-refractivity contribution in [3.8, 4) is 5.75 Å². The molecule has 0 aromatic heterocycles. The second-order valence-corrected chi connectivity index (χ2v) is 7.29. The molecule has 2 aromatic rings. The fraction of sp³-hybridized carbons (Fsp3) is 0.375. The van der Waals surface area contributed by atoms with Gasteiger partial charge in [0.2, 0.25) is 0 Å². The Kier molecular flexibility index (Phi) is 7.26. The minimum absolute atomic E-state index is 0.270. The molecule has 1 aliphatic carbocycles. The monoisotopic (exact) mass is 378 g/mol. The number of anilines is 1. The van der Waals surface area contributed by atoms with E-state index in [0.717, 1.165) is 48.5 Å². The Morgan fingerprint density at radius 2 is 1.79 bits per heavy atom. The molecule has 1 N–H and O–H groups in total. The largest absolute Gasteiger partial charge is 0.494 e. The first-order chi connectivity index (χ1) is 13.7. The van der Waals surface area contributed by atoms with Gasteiger partial charge in [0.25, 0.3) is 0 Å². The quantitative estimate of drug-likeness (QED) is 0.688. The zero-order valence-corrected chi connectivity index (χ0v) is 16.9. The molecular weight excluding hydrogens is 348 g/mol. The van der Waals surface area contributed by atoms with Gasteiger partial charge in [-0.2, -0.15) is 0 Å². The first-order valence-electron chi connectivity index (χ1n) is 10.1. The van der Waals surface area contributed by atoms with Gasteiger partial charge in [-0.25, -0.2) is 0 Å². The van der Waals surface area contributed by atoms with Crippen LogP contribution in [-0.4, -0.2) is 37.4 Å². The van der Waals surface area contributed by atoms with Gasteiger partial charge in [-0.05, 0) is 63.1 Å². The van der Waals surface area contributed by atoms with Crippen molar-refractivity contribution in [1.82, 2.24) is 4.90 Å². The van der Waals surface area contributed by atoms with E-state index in [1.807, 2.05) is 37.3 Å². The Labute approximate surface area is 168 Å². The van der Waals surface area contributed by atoms with Crippen molar-refractivity contribution in [1.29, 1.82) is 0 Å². The average molecular weight is 379 g/mol. The number of ether oxygens (including phenoxy) is 1. The van der Waals surface area contributed by atoms with Crippen LogP contribution in [0.1, 0.15) is 31.7 Å². The standard InChI is InChI=1S/C24H30N2O2/c1-3-28-21-14-12-20(13-15-21)25-23-10-7-11-24(27)22(23)18-26(2)17-16-19-8-5-4-6-9-19/h4-6,8-9,12-15,25H,3,7,10-11,16-18H2,1-2H3. The van der Waals surface area contributed by atoms with E-state index in [4.69, 9.17) is 4.74 Å². The second kappa shape index (κ2) is 10.1. The summed E-state index contributed by atoms with van der Waals surface area (Å²) in [5.41, 5.74) is 4.31. The molecule has 0 saturated carbocycles. The van der Waals surface area contributed by atoms with E-state index < -0.39 is 0 Å². The molecule has 28 heavy (non-hydrogen) atoms. The summed E-state index contributed by atoms with van der Waals surface area (Å²) in [5, 5.41) is 3.49. The van der Waals surface area contributed by atoms with E-state index in [9.17, 15) is 4.79 Å². The molecule has 4 heteroatoms. The summed E-state index contributed by atoms with van der Waals surface area (Å²) in [4.78, 5) is 14.8. The number of carbonyl (C=O) groups is 1. The lowest BCUT2D eigenvalue weighted by molar-refractivity contribution is -0.116. The first-order valence-corrected chi connectivity index (χ1v) is 10.1. The van der Waals surface area contributed by atoms with Gasteiger partial charge in [-0.3, -0.25) is 4.79 Å². The van der Waals surface area contributed by atoms with Gasteiger partial charge in [0.15, 0.2) is 5.78 Å². The minimum Gasteiger partial charge on any atom is -0.494 e. The lowest BCUT2D eigenvalue weighted by Crippen LogP contribution is -2.29. The molecule has 148 valence electrons. The maximum atomic E-state index is 12.6. The van der Waals surface area contributed by atoms with E-state index in [1.54, 1.807) is 0 Å². The average Bonchev–Trinajstić information content (AvgIpc) is 2.71. The van der Waals surface area contributed by atoms with Crippen LogP contribution >= 0.6 is 0 Å². The highest BCUT2D eigenvalue weighted by molar-refractivity contribution is 5.97. The topological polar surface area (TPSA) is 41.6 Å². The highest BCUT2D eigenvalue weighted by atomic mass is 16.5. The maximum absolute atomic E-state index is 12.6. The number of allylic oxidation sites excluding steroid dienone is 1. The van der Waals surface area contributed by atoms with Crippen molar-refractivity contribution >= 4 is 11.5 Å². The smallest absolute Gasteiger partial charge is 0.161 e. The van der Waals surface area contributed by atoms with Crippen LogP contribution in [0.3, 0.4) is 0 Å². The predicted molar refractivity (Wildman–Crippen MR) is 115 cm³/mol. The van der Waals surface area contributed by atoms with Gasteiger partial charge >= 0.3 is 0 Å². The summed E-state index contributed by atoms with van der Waals surface area (Å²) in [5.74, 6) is 1.13. The lowest BCUT2D eigenvalue weighted by Gasteiger charge is -2.25.